The molecule has 68 valence electrons. The molecule has 0 radical (unpaired) electrons. The first-order chi connectivity index (χ1) is 4.89. The van der Waals surface area contributed by atoms with Gasteiger partial charge in [0.1, 0.15) is 0 Å². The molecule has 0 heterocycles. The molecular formula is C7H16O3S. The van der Waals surface area contributed by atoms with E-state index in [1.807, 2.05) is 6.92 Å². The van der Waals surface area contributed by atoms with Gasteiger partial charge in [0.05, 0.1) is 5.25 Å². The van der Waals surface area contributed by atoms with Crippen LogP contribution in [0.3, 0.4) is 0 Å². The van der Waals surface area contributed by atoms with Crippen molar-refractivity contribution in [1.29, 1.82) is 0 Å². The van der Waals surface area contributed by atoms with Crippen molar-refractivity contribution in [3.05, 3.63) is 0 Å². The van der Waals surface area contributed by atoms with Crippen molar-refractivity contribution in [3.8, 4) is 0 Å². The molecule has 4 heteroatoms. The lowest BCUT2D eigenvalue weighted by Gasteiger charge is -2.15. The van der Waals surface area contributed by atoms with Crippen LogP contribution in [-0.4, -0.2) is 18.2 Å². The fourth-order valence-corrected chi connectivity index (χ4v) is 2.33. The second-order valence-corrected chi connectivity index (χ2v) is 4.72. The Hall–Kier alpha value is -0.0900. The number of rotatable bonds is 4. The third-order valence-electron chi connectivity index (χ3n) is 1.70. The van der Waals surface area contributed by atoms with E-state index in [0.717, 1.165) is 6.42 Å². The Morgan fingerprint density at radius 3 is 1.91 bits per heavy atom. The van der Waals surface area contributed by atoms with Gasteiger partial charge in [0, 0.05) is 0 Å². The Bertz CT molecular complexity index is 194. The maximum Gasteiger partial charge on any atom is 0.268 e. The summed E-state index contributed by atoms with van der Waals surface area (Å²) in [6.45, 7) is 5.50. The van der Waals surface area contributed by atoms with Gasteiger partial charge in [-0.2, -0.15) is 8.42 Å². The Morgan fingerprint density at radius 1 is 1.36 bits per heavy atom. The minimum atomic E-state index is -3.83. The Balaban J connectivity index is 4.36. The summed E-state index contributed by atoms with van der Waals surface area (Å²) in [7, 11) is -3.83. The summed E-state index contributed by atoms with van der Waals surface area (Å²) in [6, 6.07) is 0. The first kappa shape index (κ1) is 10.9. The van der Waals surface area contributed by atoms with Crippen molar-refractivity contribution < 1.29 is 13.0 Å². The lowest BCUT2D eigenvalue weighted by Crippen LogP contribution is -2.25. The fraction of sp³-hybridized carbons (Fsp3) is 1.00. The summed E-state index contributed by atoms with van der Waals surface area (Å²) >= 11 is 0. The van der Waals surface area contributed by atoms with E-state index >= 15 is 0 Å². The quantitative estimate of drug-likeness (QED) is 0.670. The van der Waals surface area contributed by atoms with Gasteiger partial charge < -0.3 is 0 Å². The lowest BCUT2D eigenvalue weighted by atomic mass is 10.1. The van der Waals surface area contributed by atoms with Crippen LogP contribution in [0.5, 0.6) is 0 Å². The summed E-state index contributed by atoms with van der Waals surface area (Å²) in [5.41, 5.74) is 0. The predicted octanol–water partition coefficient (Wildman–Crippen LogP) is 1.70. The molecule has 0 aromatic rings. The van der Waals surface area contributed by atoms with Crippen LogP contribution in [0.4, 0.5) is 0 Å². The third-order valence-corrected chi connectivity index (χ3v) is 3.24. The summed E-state index contributed by atoms with van der Waals surface area (Å²) < 4.78 is 30.2. The van der Waals surface area contributed by atoms with E-state index in [1.54, 1.807) is 13.8 Å². The van der Waals surface area contributed by atoms with Crippen LogP contribution in [0.2, 0.25) is 0 Å². The molecule has 0 fully saturated rings. The minimum absolute atomic E-state index is 0.00931. The topological polar surface area (TPSA) is 54.4 Å². The van der Waals surface area contributed by atoms with Crippen LogP contribution in [0.25, 0.3) is 0 Å². The van der Waals surface area contributed by atoms with Gasteiger partial charge in [0.15, 0.2) is 0 Å². The van der Waals surface area contributed by atoms with Gasteiger partial charge in [-0.15, -0.1) is 0 Å². The van der Waals surface area contributed by atoms with Gasteiger partial charge in [-0.1, -0.05) is 27.2 Å². The molecule has 0 aromatic heterocycles. The first-order valence-corrected chi connectivity index (χ1v) is 5.36. The molecule has 0 aromatic carbocycles. The zero-order chi connectivity index (χ0) is 9.07. The third kappa shape index (κ3) is 3.72. The van der Waals surface area contributed by atoms with Gasteiger partial charge in [-0.05, 0) is 12.3 Å². The summed E-state index contributed by atoms with van der Waals surface area (Å²) in [5.74, 6) is -0.00931. The monoisotopic (exact) mass is 180 g/mol. The van der Waals surface area contributed by atoms with Crippen LogP contribution in [0.15, 0.2) is 0 Å². The molecule has 0 bridgehead atoms. The molecule has 0 aliphatic carbocycles. The molecule has 0 aliphatic rings. The fourth-order valence-electron chi connectivity index (χ4n) is 1.11. The van der Waals surface area contributed by atoms with Gasteiger partial charge in [-0.3, -0.25) is 4.55 Å². The van der Waals surface area contributed by atoms with E-state index in [1.165, 1.54) is 0 Å². The average molecular weight is 180 g/mol. The normalized spacial score (nSPS) is 15.4. The van der Waals surface area contributed by atoms with Crippen molar-refractivity contribution in [2.45, 2.75) is 38.9 Å². The number of hydrogen-bond acceptors (Lipinski definition) is 2. The second kappa shape index (κ2) is 4.07. The zero-order valence-corrected chi connectivity index (χ0v) is 8.06. The van der Waals surface area contributed by atoms with E-state index < -0.39 is 15.4 Å². The van der Waals surface area contributed by atoms with Gasteiger partial charge in [0.25, 0.3) is 10.1 Å². The average Bonchev–Trinajstić information content (AvgIpc) is 1.79. The molecule has 0 saturated heterocycles. The molecular weight excluding hydrogens is 164 g/mol. The van der Waals surface area contributed by atoms with Crippen molar-refractivity contribution in [3.63, 3.8) is 0 Å². The van der Waals surface area contributed by atoms with E-state index in [9.17, 15) is 8.42 Å². The summed E-state index contributed by atoms with van der Waals surface area (Å²) in [6.07, 6.45) is 1.32. The molecule has 11 heavy (non-hydrogen) atoms. The van der Waals surface area contributed by atoms with Crippen LogP contribution in [0, 0.1) is 5.92 Å². The number of hydrogen-bond donors (Lipinski definition) is 1. The molecule has 0 saturated carbocycles. The van der Waals surface area contributed by atoms with E-state index in [0.29, 0.717) is 6.42 Å². The summed E-state index contributed by atoms with van der Waals surface area (Å²) in [5, 5.41) is -0.590. The van der Waals surface area contributed by atoms with E-state index in [-0.39, 0.29) is 5.92 Å². The minimum Gasteiger partial charge on any atom is -0.285 e. The Labute approximate surface area is 68.6 Å². The molecule has 1 atom stereocenters. The van der Waals surface area contributed by atoms with Crippen molar-refractivity contribution >= 4 is 10.1 Å². The van der Waals surface area contributed by atoms with Crippen LogP contribution >= 0.6 is 0 Å². The molecule has 0 amide bonds. The van der Waals surface area contributed by atoms with Gasteiger partial charge in [-0.25, -0.2) is 0 Å². The van der Waals surface area contributed by atoms with Crippen LogP contribution in [0.1, 0.15) is 33.6 Å². The molecule has 3 nitrogen and oxygen atoms in total. The lowest BCUT2D eigenvalue weighted by molar-refractivity contribution is 0.431. The molecule has 0 aliphatic heterocycles. The van der Waals surface area contributed by atoms with Crippen LogP contribution < -0.4 is 0 Å². The van der Waals surface area contributed by atoms with Crippen LogP contribution in [-0.2, 0) is 10.1 Å². The van der Waals surface area contributed by atoms with E-state index in [4.69, 9.17) is 4.55 Å². The maximum atomic E-state index is 10.7. The highest BCUT2D eigenvalue weighted by Crippen LogP contribution is 2.16. The van der Waals surface area contributed by atoms with Gasteiger partial charge in [0.2, 0.25) is 0 Å². The highest BCUT2D eigenvalue weighted by atomic mass is 32.2. The Morgan fingerprint density at radius 2 is 1.82 bits per heavy atom. The smallest absolute Gasteiger partial charge is 0.268 e. The zero-order valence-electron chi connectivity index (χ0n) is 7.24. The van der Waals surface area contributed by atoms with E-state index in [2.05, 4.69) is 0 Å². The summed E-state index contributed by atoms with van der Waals surface area (Å²) in [4.78, 5) is 0. The standard InChI is InChI=1S/C7H16O3S/c1-4-5-7(6(2)3)11(8,9)10/h6-7H,4-5H2,1-3H3,(H,8,9,10). The predicted molar refractivity (Wildman–Crippen MR) is 45.1 cm³/mol. The second-order valence-electron chi connectivity index (χ2n) is 3.09. The highest BCUT2D eigenvalue weighted by Gasteiger charge is 2.24. The highest BCUT2D eigenvalue weighted by molar-refractivity contribution is 7.86. The van der Waals surface area contributed by atoms with Crippen molar-refractivity contribution in [2.24, 2.45) is 5.92 Å². The van der Waals surface area contributed by atoms with Gasteiger partial charge >= 0.3 is 0 Å². The Kier molecular flexibility index (Phi) is 4.03. The molecule has 1 N–H and O–H groups in total. The van der Waals surface area contributed by atoms with Crippen molar-refractivity contribution in [1.82, 2.24) is 0 Å². The largest absolute Gasteiger partial charge is 0.285 e. The first-order valence-electron chi connectivity index (χ1n) is 3.85. The maximum absolute atomic E-state index is 10.7. The molecule has 0 rings (SSSR count). The molecule has 1 unspecified atom stereocenters. The SMILES string of the molecule is CCCC(C(C)C)S(=O)(=O)O. The van der Waals surface area contributed by atoms with Crippen molar-refractivity contribution in [2.75, 3.05) is 0 Å². The molecule has 0 spiro atoms.